The average molecular weight is 1420 g/mol. The molecule has 14 aromatic heterocycles. The van der Waals surface area contributed by atoms with Crippen LogP contribution in [0.3, 0.4) is 0 Å². The fourth-order valence-electron chi connectivity index (χ4n) is 14.6. The molecule has 0 atom stereocenters. The molecule has 14 heteroatoms. The Balaban J connectivity index is 0.812. The lowest BCUT2D eigenvalue weighted by molar-refractivity contribution is 0.585. The van der Waals surface area contributed by atoms with Gasteiger partial charge in [-0.3, -0.25) is 9.13 Å². The number of rotatable bonds is 23. The molecule has 4 aromatic carbocycles. The summed E-state index contributed by atoms with van der Waals surface area (Å²) in [5.74, 6) is 1.73. The van der Waals surface area contributed by atoms with Crippen molar-refractivity contribution in [1.29, 1.82) is 0 Å². The molecule has 14 heterocycles. The maximum atomic E-state index is 5.80. The van der Waals surface area contributed by atoms with Crippen LogP contribution in [0.2, 0.25) is 0 Å². The lowest BCUT2D eigenvalue weighted by Crippen LogP contribution is -2.01. The van der Waals surface area contributed by atoms with Crippen molar-refractivity contribution in [2.24, 2.45) is 0 Å². The van der Waals surface area contributed by atoms with Gasteiger partial charge in [0, 0.05) is 93.2 Å². The van der Waals surface area contributed by atoms with Gasteiger partial charge in [0.25, 0.3) is 0 Å². The van der Waals surface area contributed by atoms with Crippen LogP contribution in [0.5, 0.6) is 0 Å². The van der Waals surface area contributed by atoms with Crippen molar-refractivity contribution in [3.8, 4) is 104 Å². The highest BCUT2D eigenvalue weighted by molar-refractivity contribution is 7.25. The smallest absolute Gasteiger partial charge is 0.138 e. The van der Waals surface area contributed by atoms with Gasteiger partial charge in [0.15, 0.2) is 0 Å². The van der Waals surface area contributed by atoms with Crippen LogP contribution >= 0.6 is 90.7 Å². The van der Waals surface area contributed by atoms with Crippen LogP contribution in [-0.4, -0.2) is 28.2 Å². The van der Waals surface area contributed by atoms with Gasteiger partial charge in [0.2, 0.25) is 0 Å². The van der Waals surface area contributed by atoms with Gasteiger partial charge in [-0.15, -0.1) is 90.7 Å². The molecular formula is C84H68N6S8. The summed E-state index contributed by atoms with van der Waals surface area (Å²) in [7, 11) is 0. The molecule has 0 aliphatic heterocycles. The molecule has 482 valence electrons. The maximum Gasteiger partial charge on any atom is 0.138 e. The molecule has 0 N–H and O–H groups in total. The minimum Gasteiger partial charge on any atom is -0.339 e. The van der Waals surface area contributed by atoms with Crippen molar-refractivity contribution < 1.29 is 0 Å². The first-order chi connectivity index (χ1) is 48.5. The normalized spacial score (nSPS) is 12.1. The predicted molar refractivity (Wildman–Crippen MR) is 431 cm³/mol. The van der Waals surface area contributed by atoms with E-state index in [1.807, 2.05) is 45.3 Å². The third kappa shape index (κ3) is 11.2. The zero-order valence-electron chi connectivity index (χ0n) is 54.4. The van der Waals surface area contributed by atoms with Gasteiger partial charge in [-0.05, 0) is 184 Å². The van der Waals surface area contributed by atoms with E-state index in [1.165, 1.54) is 187 Å². The third-order valence-electron chi connectivity index (χ3n) is 19.3. The van der Waals surface area contributed by atoms with E-state index in [1.54, 1.807) is 45.3 Å². The summed E-state index contributed by atoms with van der Waals surface area (Å²) in [6.07, 6.45) is 12.0. The Morgan fingerprint density at radius 1 is 0.276 bits per heavy atom. The molecule has 0 spiro atoms. The van der Waals surface area contributed by atoms with Crippen LogP contribution in [0, 0.1) is 0 Å². The van der Waals surface area contributed by atoms with Crippen LogP contribution in [0.25, 0.3) is 169 Å². The van der Waals surface area contributed by atoms with E-state index in [0.717, 1.165) is 60.0 Å². The minimum atomic E-state index is 0.821. The van der Waals surface area contributed by atoms with E-state index in [0.29, 0.717) is 0 Å². The maximum absolute atomic E-state index is 5.80. The molecule has 0 fully saturated rings. The number of hydrogen-bond acceptors (Lipinski definition) is 10. The van der Waals surface area contributed by atoms with Gasteiger partial charge >= 0.3 is 0 Å². The van der Waals surface area contributed by atoms with Gasteiger partial charge in [-0.25, -0.2) is 9.97 Å². The third-order valence-corrected chi connectivity index (χ3v) is 28.1. The largest absolute Gasteiger partial charge is 0.339 e. The second kappa shape index (κ2) is 26.6. The van der Waals surface area contributed by atoms with Crippen molar-refractivity contribution >= 4 is 156 Å². The SMILES string of the molecule is CCCCCCCn1c2cc(-c3ccc(-c4cccs4)s3)ccc2c2c1c1cc(-c3ccc(-c4cccs4)s3)ccc1n2-c1cccc(-c2cccc(-n3c4cc(-c5ccc(-c6cccs6)s5)ccc4c4c3c3ccc(-c5ccc(-c6cccs6)s5)cc3n4CCCCCCC)n2)n1. The van der Waals surface area contributed by atoms with E-state index in [9.17, 15) is 0 Å². The molecule has 0 radical (unpaired) electrons. The van der Waals surface area contributed by atoms with Crippen LogP contribution in [0.15, 0.2) is 228 Å². The summed E-state index contributed by atoms with van der Waals surface area (Å²) in [5, 5.41) is 13.6. The standard InChI is InChI=1S/C84H68N6S8/c1-3-5-7-9-11-43-87-64-50-54(68-36-40-76(96-68)72-22-16-46-92-72)27-31-57(64)83-81(87)59-33-29-56(70-38-42-78(98-70)74-24-18-48-94-74)52-66(59)90(83)80-26-14-20-62(86-80)61-19-13-25-79(85-61)89-63-34-30-53(67-35-39-75(95-67)71-21-15-45-91-71)49-60(63)82-84(89)58-32-28-55(51-65(58)88(82)44-12-10-8-6-4-2)69-37-41-77(97-69)73-23-17-47-93-73/h13-42,45-52H,3-12,43-44H2,1-2H3. The van der Waals surface area contributed by atoms with Crippen molar-refractivity contribution in [3.05, 3.63) is 228 Å². The van der Waals surface area contributed by atoms with E-state index < -0.39 is 0 Å². The lowest BCUT2D eigenvalue weighted by Gasteiger charge is -2.12. The Labute approximate surface area is 601 Å². The molecule has 0 aliphatic carbocycles. The molecular weight excluding hydrogens is 1350 g/mol. The molecule has 6 nitrogen and oxygen atoms in total. The molecule has 0 unspecified atom stereocenters. The number of thiophene rings is 8. The number of hydrogen-bond donors (Lipinski definition) is 0. The highest BCUT2D eigenvalue weighted by Crippen LogP contribution is 2.48. The number of benzene rings is 4. The first-order valence-corrected chi connectivity index (χ1v) is 41.0. The Morgan fingerprint density at radius 2 is 0.633 bits per heavy atom. The van der Waals surface area contributed by atoms with Gasteiger partial charge in [0.05, 0.1) is 55.5 Å². The molecule has 0 saturated heterocycles. The van der Waals surface area contributed by atoms with E-state index in [4.69, 9.17) is 9.97 Å². The van der Waals surface area contributed by atoms with Crippen LogP contribution in [-0.2, 0) is 13.1 Å². The zero-order valence-corrected chi connectivity index (χ0v) is 60.9. The zero-order chi connectivity index (χ0) is 65.2. The summed E-state index contributed by atoms with van der Waals surface area (Å²) >= 11 is 14.7. The number of aryl methyl sites for hydroxylation is 2. The summed E-state index contributed by atoms with van der Waals surface area (Å²) in [5.41, 5.74) is 16.3. The first kappa shape index (κ1) is 61.8. The van der Waals surface area contributed by atoms with Crippen molar-refractivity contribution in [2.75, 3.05) is 0 Å². The lowest BCUT2D eigenvalue weighted by atomic mass is 10.1. The first-order valence-electron chi connectivity index (χ1n) is 34.2. The summed E-state index contributed by atoms with van der Waals surface area (Å²) < 4.78 is 10.3. The predicted octanol–water partition coefficient (Wildman–Crippen LogP) is 28.0. The summed E-state index contributed by atoms with van der Waals surface area (Å²) in [6.45, 7) is 6.46. The fraction of sp³-hybridized carbons (Fsp3) is 0.167. The number of pyridine rings is 2. The van der Waals surface area contributed by atoms with Gasteiger partial charge < -0.3 is 9.13 Å². The topological polar surface area (TPSA) is 45.5 Å². The molecule has 18 rings (SSSR count). The van der Waals surface area contributed by atoms with Crippen LogP contribution in [0.4, 0.5) is 0 Å². The van der Waals surface area contributed by atoms with Crippen LogP contribution in [0.1, 0.15) is 78.1 Å². The van der Waals surface area contributed by atoms with E-state index in [-0.39, 0.29) is 0 Å². The number of nitrogens with zero attached hydrogens (tertiary/aromatic N) is 6. The molecule has 0 saturated carbocycles. The number of unbranched alkanes of at least 4 members (excludes halogenated alkanes) is 8. The number of aromatic nitrogens is 6. The highest BCUT2D eigenvalue weighted by atomic mass is 32.1. The number of fused-ring (bicyclic) bond motifs is 10. The molecule has 98 heavy (non-hydrogen) atoms. The monoisotopic (exact) mass is 1420 g/mol. The quantitative estimate of drug-likeness (QED) is 0.0599. The Bertz CT molecular complexity index is 5860. The van der Waals surface area contributed by atoms with Crippen molar-refractivity contribution in [1.82, 2.24) is 28.2 Å². The van der Waals surface area contributed by atoms with Gasteiger partial charge in [-0.1, -0.05) is 144 Å². The fourth-order valence-corrected chi connectivity index (χ4v) is 21.9. The molecule has 0 bridgehead atoms. The van der Waals surface area contributed by atoms with Gasteiger partial charge in [-0.2, -0.15) is 0 Å². The average Bonchev–Trinajstić information content (AvgIpc) is 1.55. The van der Waals surface area contributed by atoms with Crippen molar-refractivity contribution in [3.63, 3.8) is 0 Å². The van der Waals surface area contributed by atoms with Crippen molar-refractivity contribution in [2.45, 2.75) is 91.1 Å². The Hall–Kier alpha value is -8.54. The highest BCUT2D eigenvalue weighted by Gasteiger charge is 2.27. The molecule has 0 aliphatic rings. The molecule has 18 aromatic rings. The van der Waals surface area contributed by atoms with E-state index >= 15 is 0 Å². The van der Waals surface area contributed by atoms with E-state index in [2.05, 4.69) is 260 Å². The second-order valence-electron chi connectivity index (χ2n) is 25.5. The van der Waals surface area contributed by atoms with Crippen LogP contribution < -0.4 is 0 Å². The molecule has 0 amide bonds. The summed E-state index contributed by atoms with van der Waals surface area (Å²) in [4.78, 5) is 27.1. The summed E-state index contributed by atoms with van der Waals surface area (Å²) in [6, 6.07) is 77.8. The Kier molecular flexibility index (Phi) is 16.8. The minimum absolute atomic E-state index is 0.821. The van der Waals surface area contributed by atoms with Gasteiger partial charge in [0.1, 0.15) is 11.6 Å². The Morgan fingerprint density at radius 3 is 1.04 bits per heavy atom. The second-order valence-corrected chi connectivity index (χ2v) is 33.6.